The van der Waals surface area contributed by atoms with E-state index in [0.29, 0.717) is 0 Å². The summed E-state index contributed by atoms with van der Waals surface area (Å²) in [5, 5.41) is 10.8. The van der Waals surface area contributed by atoms with Gasteiger partial charge in [0.05, 0.1) is 5.60 Å². The normalized spacial score (nSPS) is 13.2. The van der Waals surface area contributed by atoms with Crippen LogP contribution in [0.25, 0.3) is 0 Å². The zero-order valence-corrected chi connectivity index (χ0v) is 11.4. The molecule has 0 heterocycles. The fourth-order valence-electron chi connectivity index (χ4n) is 3.01. The molecule has 1 N–H and O–H groups in total. The summed E-state index contributed by atoms with van der Waals surface area (Å²) >= 11 is 0. The predicted molar refractivity (Wildman–Crippen MR) is 68.1 cm³/mol. The second-order valence-electron chi connectivity index (χ2n) is 4.83. The highest BCUT2D eigenvalue weighted by Gasteiger charge is 2.44. The van der Waals surface area contributed by atoms with E-state index in [4.69, 9.17) is 0 Å². The van der Waals surface area contributed by atoms with E-state index in [1.54, 1.807) is 0 Å². The van der Waals surface area contributed by atoms with Crippen LogP contribution < -0.4 is 0 Å². The lowest BCUT2D eigenvalue weighted by Gasteiger charge is -2.46. The molecule has 1 nitrogen and oxygen atoms in total. The second-order valence-corrected chi connectivity index (χ2v) is 4.83. The summed E-state index contributed by atoms with van der Waals surface area (Å²) in [6, 6.07) is 0. The molecule has 0 fully saturated rings. The molecule has 0 aromatic carbocycles. The van der Waals surface area contributed by atoms with Crippen molar-refractivity contribution in [1.29, 1.82) is 0 Å². The first-order valence-electron chi connectivity index (χ1n) is 6.78. The Bertz CT molecular complexity index is 155. The largest absolute Gasteiger partial charge is 0.389 e. The average Bonchev–Trinajstić information content (AvgIpc) is 2.30. The summed E-state index contributed by atoms with van der Waals surface area (Å²) in [6.07, 6.45) is 7.61. The van der Waals surface area contributed by atoms with Gasteiger partial charge in [-0.1, -0.05) is 47.5 Å². The Morgan fingerprint density at radius 2 is 1.27 bits per heavy atom. The third-order valence-corrected chi connectivity index (χ3v) is 4.52. The molecule has 0 radical (unpaired) electrons. The Morgan fingerprint density at radius 1 is 0.800 bits per heavy atom. The number of rotatable bonds is 8. The van der Waals surface area contributed by atoms with E-state index in [9.17, 15) is 5.11 Å². The predicted octanol–water partition coefficient (Wildman–Crippen LogP) is 4.53. The molecule has 0 aromatic rings. The standard InChI is InChI=1S/C14H30O/c1-6-11-12-13(7-2,8-3)14(15,9-4)10-5/h15H,6-12H2,1-5H3. The summed E-state index contributed by atoms with van der Waals surface area (Å²) < 4.78 is 0. The van der Waals surface area contributed by atoms with E-state index in [2.05, 4.69) is 34.6 Å². The molecule has 92 valence electrons. The Labute approximate surface area is 96.3 Å². The molecule has 15 heavy (non-hydrogen) atoms. The summed E-state index contributed by atoms with van der Waals surface area (Å²) in [5.74, 6) is 0. The molecule has 0 saturated heterocycles. The van der Waals surface area contributed by atoms with Crippen LogP contribution in [0.15, 0.2) is 0 Å². The maximum Gasteiger partial charge on any atom is 0.0698 e. The van der Waals surface area contributed by atoms with Crippen LogP contribution in [0.1, 0.15) is 79.6 Å². The van der Waals surface area contributed by atoms with Gasteiger partial charge in [0.15, 0.2) is 0 Å². The van der Waals surface area contributed by atoms with Crippen LogP contribution in [-0.4, -0.2) is 10.7 Å². The number of aliphatic hydroxyl groups is 1. The maximum atomic E-state index is 10.8. The van der Waals surface area contributed by atoms with Crippen molar-refractivity contribution in [3.8, 4) is 0 Å². The van der Waals surface area contributed by atoms with Crippen LogP contribution in [0.4, 0.5) is 0 Å². The molecule has 0 rings (SSSR count). The first-order chi connectivity index (χ1) is 7.05. The molecule has 1 heteroatoms. The molecule has 0 saturated carbocycles. The maximum absolute atomic E-state index is 10.8. The molecule has 0 aliphatic rings. The van der Waals surface area contributed by atoms with Gasteiger partial charge in [-0.25, -0.2) is 0 Å². The van der Waals surface area contributed by atoms with Crippen LogP contribution in [0.2, 0.25) is 0 Å². The van der Waals surface area contributed by atoms with Crippen molar-refractivity contribution in [2.45, 2.75) is 85.2 Å². The molecule has 0 atom stereocenters. The van der Waals surface area contributed by atoms with Gasteiger partial charge in [0, 0.05) is 0 Å². The Morgan fingerprint density at radius 3 is 1.53 bits per heavy atom. The van der Waals surface area contributed by atoms with Crippen molar-refractivity contribution >= 4 is 0 Å². The van der Waals surface area contributed by atoms with E-state index >= 15 is 0 Å². The molecule has 0 spiro atoms. The third-order valence-electron chi connectivity index (χ3n) is 4.52. The molecule has 0 aliphatic heterocycles. The highest BCUT2D eigenvalue weighted by molar-refractivity contribution is 4.95. The van der Waals surface area contributed by atoms with Crippen LogP contribution in [0, 0.1) is 5.41 Å². The van der Waals surface area contributed by atoms with Crippen LogP contribution in [0.5, 0.6) is 0 Å². The molecule has 0 aromatic heterocycles. The molecule has 0 unspecified atom stereocenters. The summed E-state index contributed by atoms with van der Waals surface area (Å²) in [6.45, 7) is 10.9. The van der Waals surface area contributed by atoms with Gasteiger partial charge < -0.3 is 5.11 Å². The van der Waals surface area contributed by atoms with E-state index in [-0.39, 0.29) is 5.41 Å². The Balaban J connectivity index is 4.87. The molecular formula is C14H30O. The van der Waals surface area contributed by atoms with Crippen molar-refractivity contribution in [2.75, 3.05) is 0 Å². The van der Waals surface area contributed by atoms with Crippen molar-refractivity contribution in [3.05, 3.63) is 0 Å². The molecule has 0 aliphatic carbocycles. The minimum atomic E-state index is -0.453. The third kappa shape index (κ3) is 2.96. The fraction of sp³-hybridized carbons (Fsp3) is 1.00. The number of hydrogen-bond acceptors (Lipinski definition) is 1. The lowest BCUT2D eigenvalue weighted by molar-refractivity contribution is -0.102. The smallest absolute Gasteiger partial charge is 0.0698 e. The van der Waals surface area contributed by atoms with Gasteiger partial charge in [0.2, 0.25) is 0 Å². The van der Waals surface area contributed by atoms with Gasteiger partial charge >= 0.3 is 0 Å². The monoisotopic (exact) mass is 214 g/mol. The van der Waals surface area contributed by atoms with Crippen LogP contribution in [0.3, 0.4) is 0 Å². The fourth-order valence-corrected chi connectivity index (χ4v) is 3.01. The van der Waals surface area contributed by atoms with Gasteiger partial charge in [-0.15, -0.1) is 0 Å². The Kier molecular flexibility index (Phi) is 6.51. The first-order valence-corrected chi connectivity index (χ1v) is 6.78. The average molecular weight is 214 g/mol. The van der Waals surface area contributed by atoms with Crippen molar-refractivity contribution < 1.29 is 5.11 Å². The number of unbranched alkanes of at least 4 members (excludes halogenated alkanes) is 1. The van der Waals surface area contributed by atoms with E-state index < -0.39 is 5.60 Å². The van der Waals surface area contributed by atoms with Crippen LogP contribution >= 0.6 is 0 Å². The minimum absolute atomic E-state index is 0.145. The molecule has 0 bridgehead atoms. The lowest BCUT2D eigenvalue weighted by Crippen LogP contribution is -2.47. The van der Waals surface area contributed by atoms with Gasteiger partial charge in [0.25, 0.3) is 0 Å². The molecular weight excluding hydrogens is 184 g/mol. The highest BCUT2D eigenvalue weighted by atomic mass is 16.3. The zero-order chi connectivity index (χ0) is 11.9. The summed E-state index contributed by atoms with van der Waals surface area (Å²) in [4.78, 5) is 0. The van der Waals surface area contributed by atoms with Gasteiger partial charge in [-0.3, -0.25) is 0 Å². The number of hydrogen-bond donors (Lipinski definition) is 1. The Hall–Kier alpha value is -0.0400. The van der Waals surface area contributed by atoms with E-state index in [1.165, 1.54) is 19.3 Å². The van der Waals surface area contributed by atoms with Crippen LogP contribution in [-0.2, 0) is 0 Å². The second kappa shape index (κ2) is 6.52. The minimum Gasteiger partial charge on any atom is -0.389 e. The first kappa shape index (κ1) is 15.0. The molecule has 0 amide bonds. The van der Waals surface area contributed by atoms with Crippen molar-refractivity contribution in [2.24, 2.45) is 5.41 Å². The van der Waals surface area contributed by atoms with Gasteiger partial charge in [0.1, 0.15) is 0 Å². The van der Waals surface area contributed by atoms with Crippen molar-refractivity contribution in [3.63, 3.8) is 0 Å². The topological polar surface area (TPSA) is 20.2 Å². The van der Waals surface area contributed by atoms with Gasteiger partial charge in [-0.2, -0.15) is 0 Å². The zero-order valence-electron chi connectivity index (χ0n) is 11.4. The summed E-state index contributed by atoms with van der Waals surface area (Å²) in [5.41, 5.74) is -0.307. The van der Waals surface area contributed by atoms with E-state index in [0.717, 1.165) is 25.7 Å². The van der Waals surface area contributed by atoms with Crippen molar-refractivity contribution in [1.82, 2.24) is 0 Å². The van der Waals surface area contributed by atoms with Gasteiger partial charge in [-0.05, 0) is 37.5 Å². The quantitative estimate of drug-likeness (QED) is 0.629. The summed E-state index contributed by atoms with van der Waals surface area (Å²) in [7, 11) is 0. The SMILES string of the molecule is CCCCC(CC)(CC)C(O)(CC)CC. The lowest BCUT2D eigenvalue weighted by atomic mass is 9.63. The van der Waals surface area contributed by atoms with E-state index in [1.807, 2.05) is 0 Å². The highest BCUT2D eigenvalue weighted by Crippen LogP contribution is 2.46.